The number of imidazole rings is 1. The van der Waals surface area contributed by atoms with Crippen molar-refractivity contribution in [2.45, 2.75) is 133 Å². The number of carbonyl (C=O) groups is 1. The van der Waals surface area contributed by atoms with Gasteiger partial charge in [0.2, 0.25) is 0 Å². The van der Waals surface area contributed by atoms with Gasteiger partial charge in [-0.25, -0.2) is 28.9 Å². The van der Waals surface area contributed by atoms with Crippen LogP contribution in [0.3, 0.4) is 0 Å². The maximum absolute atomic E-state index is 15.9. The van der Waals surface area contributed by atoms with Gasteiger partial charge in [-0.05, 0) is 34.3 Å². The number of aromatic nitrogens is 7. The predicted molar refractivity (Wildman–Crippen MR) is 261 cm³/mol. The number of halogens is 1. The van der Waals surface area contributed by atoms with Gasteiger partial charge in [0.1, 0.15) is 47.8 Å². The summed E-state index contributed by atoms with van der Waals surface area (Å²) in [7, 11) is -15.4. The van der Waals surface area contributed by atoms with Crippen molar-refractivity contribution in [3.05, 3.63) is 77.2 Å². The fourth-order valence-corrected chi connectivity index (χ4v) is 23.4. The zero-order chi connectivity index (χ0) is 52.2. The fraction of sp³-hybridized carbons (Fsp3) is 0.568. The first-order valence-electron chi connectivity index (χ1n) is 23.9. The Kier molecular flexibility index (Phi) is 15.3. The molecule has 4 fully saturated rings. The maximum atomic E-state index is 15.9. The van der Waals surface area contributed by atoms with Crippen LogP contribution in [0.5, 0.6) is 0 Å². The first kappa shape index (κ1) is 53.4. The summed E-state index contributed by atoms with van der Waals surface area (Å²) >= 11 is 0. The highest BCUT2D eigenvalue weighted by Crippen LogP contribution is 2.59. The van der Waals surface area contributed by atoms with E-state index in [4.69, 9.17) is 45.3 Å². The molecule has 3 N–H and O–H groups in total. The molecule has 8 heterocycles. The Morgan fingerprint density at radius 3 is 2.42 bits per heavy atom. The van der Waals surface area contributed by atoms with E-state index in [1.807, 2.05) is 33.8 Å². The minimum absolute atomic E-state index is 0.0406. The number of ether oxygens (including phenoxy) is 3. The van der Waals surface area contributed by atoms with Gasteiger partial charge < -0.3 is 51.5 Å². The molecule has 24 nitrogen and oxygen atoms in total. The standard InChI is InChI=1S/C44H58FN9O15P2Si2/c1-24(2)72(25(3)4)63-18-30-33(68-73(69-72,26(5)6)27(7)8)34(42(64-30)53-17-29(45)31-38(53)48-22-50-41(31)56)67-71(59,61-16-12-15-46)62-20-44-19-60-35(36(44)66-70(57)58)43(65-44)54-23-51-32-37(47-21-49-39(32)54)52-40(55)28-13-10-9-11-14-28/h9-11,13-14,17,21-27,30,33-36,42-43,70H,12,16,18-20H2,1-8H3,(H,57,58)(H,48,50,56)(H,47,49,52,55)/t30-,33-,34-,35-,36+,42-,43-,44-,71?/m1/s1. The first-order valence-corrected chi connectivity index (χ1v) is 30.5. The number of benzene rings is 1. The van der Waals surface area contributed by atoms with E-state index >= 15 is 8.96 Å². The number of aromatic amines is 1. The Morgan fingerprint density at radius 2 is 1.74 bits per heavy atom. The molecule has 5 aromatic rings. The molecule has 1 amide bonds. The number of phosphoric ester groups is 1. The second kappa shape index (κ2) is 20.9. The monoisotopic (exact) mass is 1090 g/mol. The number of hydrogen-bond donors (Lipinski definition) is 3. The van der Waals surface area contributed by atoms with Crippen LogP contribution in [0.2, 0.25) is 22.2 Å². The molecule has 2 bridgehead atoms. The van der Waals surface area contributed by atoms with Crippen LogP contribution < -0.4 is 10.9 Å². The third-order valence-electron chi connectivity index (χ3n) is 13.7. The van der Waals surface area contributed by atoms with Gasteiger partial charge in [-0.2, -0.15) is 5.26 Å². The molecule has 29 heteroatoms. The van der Waals surface area contributed by atoms with Crippen LogP contribution >= 0.6 is 16.1 Å². The number of phosphoric acid groups is 1. The summed E-state index contributed by atoms with van der Waals surface area (Å²) in [5, 5.41) is 12.0. The maximum Gasteiger partial charge on any atom is 0.475 e. The van der Waals surface area contributed by atoms with Crippen LogP contribution in [0, 0.1) is 17.1 Å². The summed E-state index contributed by atoms with van der Waals surface area (Å²) in [6, 6.07) is 10.4. The summed E-state index contributed by atoms with van der Waals surface area (Å²) in [4.78, 5) is 56.1. The van der Waals surface area contributed by atoms with Crippen LogP contribution in [0.1, 0.15) is 84.6 Å². The lowest BCUT2D eigenvalue weighted by atomic mass is 10.0. The zero-order valence-electron chi connectivity index (χ0n) is 41.2. The topological polar surface area (TPSA) is 294 Å². The van der Waals surface area contributed by atoms with Gasteiger partial charge in [0.05, 0.1) is 51.6 Å². The van der Waals surface area contributed by atoms with Gasteiger partial charge >= 0.3 is 33.2 Å². The molecule has 73 heavy (non-hydrogen) atoms. The van der Waals surface area contributed by atoms with Gasteiger partial charge in [0.25, 0.3) is 11.5 Å². The molecule has 2 unspecified atom stereocenters. The van der Waals surface area contributed by atoms with E-state index in [0.717, 1.165) is 12.5 Å². The molecular weight excluding hydrogens is 1030 g/mol. The summed E-state index contributed by atoms with van der Waals surface area (Å²) in [5.74, 6) is -1.29. The number of H-pyrrole nitrogens is 1. The third kappa shape index (κ3) is 9.74. The number of hydrogen-bond acceptors (Lipinski definition) is 19. The third-order valence-corrected chi connectivity index (χ3v) is 25.9. The Hall–Kier alpha value is -4.47. The summed E-state index contributed by atoms with van der Waals surface area (Å²) in [5.41, 5.74) is -2.43. The molecule has 9 rings (SSSR count). The smallest absolute Gasteiger partial charge is 0.414 e. The van der Waals surface area contributed by atoms with E-state index in [1.54, 1.807) is 30.3 Å². The van der Waals surface area contributed by atoms with Crippen molar-refractivity contribution in [1.82, 2.24) is 34.1 Å². The Balaban J connectivity index is 1.08. The molecule has 4 saturated heterocycles. The van der Waals surface area contributed by atoms with Crippen LogP contribution in [0.4, 0.5) is 10.2 Å². The number of amides is 1. The normalized spacial score (nSPS) is 27.9. The minimum atomic E-state index is -5.04. The molecule has 10 atom stereocenters. The van der Waals surface area contributed by atoms with Crippen molar-refractivity contribution in [1.29, 1.82) is 5.26 Å². The average Bonchev–Trinajstić information content (AvgIpc) is 4.15. The van der Waals surface area contributed by atoms with Gasteiger partial charge in [-0.1, -0.05) is 73.6 Å². The van der Waals surface area contributed by atoms with E-state index < -0.39 is 112 Å². The van der Waals surface area contributed by atoms with Crippen LogP contribution in [-0.4, -0.2) is 125 Å². The molecule has 0 spiro atoms. The van der Waals surface area contributed by atoms with Gasteiger partial charge in [0.15, 0.2) is 40.9 Å². The van der Waals surface area contributed by atoms with Crippen molar-refractivity contribution >= 4 is 67.1 Å². The average molecular weight is 1090 g/mol. The largest absolute Gasteiger partial charge is 0.475 e. The van der Waals surface area contributed by atoms with E-state index in [1.165, 1.54) is 21.8 Å². The SMILES string of the molecule is CC(C)[Si]1(C(C)C)OC[C@H]2O[C@@H](n3cc(F)c4c(=O)[nH]cnc43)[C@H](OP(=O)(OCCC#N)OC[C@@]34CO[C@@H]([C@H](n5cnc6c(NC(=O)c7ccccc7)ncnc65)O3)[C@@H]4O[PH](=O)O)[C@@H]2O[Si](C(C)C)(C(C)C)O1. The van der Waals surface area contributed by atoms with E-state index in [0.29, 0.717) is 5.56 Å². The Bertz CT molecular complexity index is 3000. The van der Waals surface area contributed by atoms with Crippen molar-refractivity contribution in [2.75, 3.05) is 31.7 Å². The number of rotatable bonds is 18. The Labute approximate surface area is 421 Å². The summed E-state index contributed by atoms with van der Waals surface area (Å²) in [6.45, 7) is 14.6. The minimum Gasteiger partial charge on any atom is -0.414 e. The molecular formula is C44H58FN9O15P2Si2. The number of nitriles is 1. The lowest BCUT2D eigenvalue weighted by Crippen LogP contribution is -2.65. The highest BCUT2D eigenvalue weighted by atomic mass is 31.2. The summed E-state index contributed by atoms with van der Waals surface area (Å²) in [6.07, 6.45) is -4.30. The lowest BCUT2D eigenvalue weighted by molar-refractivity contribution is -0.184. The van der Waals surface area contributed by atoms with E-state index in [9.17, 15) is 24.3 Å². The lowest BCUT2D eigenvalue weighted by Gasteiger charge is -2.51. The molecule has 4 aliphatic rings. The van der Waals surface area contributed by atoms with Crippen molar-refractivity contribution in [2.24, 2.45) is 0 Å². The number of carbonyl (C=O) groups excluding carboxylic acids is 1. The van der Waals surface area contributed by atoms with Crippen molar-refractivity contribution in [3.63, 3.8) is 0 Å². The predicted octanol–water partition coefficient (Wildman–Crippen LogP) is 6.68. The van der Waals surface area contributed by atoms with Crippen LogP contribution in [0.15, 0.2) is 60.3 Å². The van der Waals surface area contributed by atoms with Crippen molar-refractivity contribution in [3.8, 4) is 6.07 Å². The van der Waals surface area contributed by atoms with Crippen LogP contribution in [0.25, 0.3) is 22.2 Å². The van der Waals surface area contributed by atoms with Crippen LogP contribution in [-0.2, 0) is 54.4 Å². The van der Waals surface area contributed by atoms with E-state index in [-0.39, 0.29) is 69.8 Å². The second-order valence-corrected chi connectivity index (χ2v) is 30.7. The number of fused-ring (bicyclic) bond motifs is 5. The summed E-state index contributed by atoms with van der Waals surface area (Å²) < 4.78 is 112. The second-order valence-electron chi connectivity index (χ2n) is 19.5. The Morgan fingerprint density at radius 1 is 1.01 bits per heavy atom. The highest BCUT2D eigenvalue weighted by molar-refractivity contribution is 7.48. The fourth-order valence-electron chi connectivity index (χ4n) is 10.2. The zero-order valence-corrected chi connectivity index (χ0v) is 45.1. The highest BCUT2D eigenvalue weighted by Gasteiger charge is 2.66. The van der Waals surface area contributed by atoms with Crippen molar-refractivity contribution < 1.29 is 68.5 Å². The molecule has 4 aromatic heterocycles. The number of nitrogens with one attached hydrogen (secondary N) is 2. The number of nitrogens with zero attached hydrogens (tertiary/aromatic N) is 7. The molecule has 4 aliphatic heterocycles. The quantitative estimate of drug-likeness (QED) is 0.0468. The van der Waals surface area contributed by atoms with E-state index in [2.05, 4.69) is 57.9 Å². The molecule has 394 valence electrons. The number of anilines is 1. The van der Waals surface area contributed by atoms with Gasteiger partial charge in [0, 0.05) is 11.8 Å². The molecule has 1 aromatic carbocycles. The van der Waals surface area contributed by atoms with Gasteiger partial charge in [-0.15, -0.1) is 0 Å². The molecule has 0 aliphatic carbocycles. The first-order chi connectivity index (χ1) is 34.8. The molecule has 0 saturated carbocycles. The molecule has 0 radical (unpaired) electrons. The van der Waals surface area contributed by atoms with Gasteiger partial charge in [-0.3, -0.25) is 32.3 Å².